The molecule has 0 unspecified atom stereocenters. The van der Waals surface area contributed by atoms with E-state index in [-0.39, 0.29) is 29.4 Å². The molecule has 6 nitrogen and oxygen atoms in total. The van der Waals surface area contributed by atoms with Gasteiger partial charge in [-0.2, -0.15) is 0 Å². The van der Waals surface area contributed by atoms with Crippen molar-refractivity contribution in [3.63, 3.8) is 0 Å². The second kappa shape index (κ2) is 4.22. The summed E-state index contributed by atoms with van der Waals surface area (Å²) < 4.78 is 0. The zero-order valence-electron chi connectivity index (χ0n) is 9.59. The maximum absolute atomic E-state index is 12.0. The molecule has 1 amide bonds. The second-order valence-corrected chi connectivity index (χ2v) is 4.99. The van der Waals surface area contributed by atoms with Crippen LogP contribution in [0, 0.1) is 10.1 Å². The minimum Gasteiger partial charge on any atom is -0.386 e. The summed E-state index contributed by atoms with van der Waals surface area (Å²) in [6, 6.07) is 3.72. The average Bonchev–Trinajstić information content (AvgIpc) is 2.25. The van der Waals surface area contributed by atoms with Crippen molar-refractivity contribution in [2.24, 2.45) is 0 Å². The van der Waals surface area contributed by atoms with E-state index in [0.29, 0.717) is 0 Å². The van der Waals surface area contributed by atoms with Crippen molar-refractivity contribution in [3.05, 3.63) is 38.9 Å². The zero-order valence-corrected chi connectivity index (χ0v) is 10.3. The van der Waals surface area contributed by atoms with Gasteiger partial charge >= 0.3 is 0 Å². The number of hydrogen-bond donors (Lipinski definition) is 1. The molecule has 96 valence electrons. The van der Waals surface area contributed by atoms with Gasteiger partial charge in [-0.15, -0.1) is 0 Å². The highest BCUT2D eigenvalue weighted by molar-refractivity contribution is 6.34. The number of likely N-dealkylation sites (tertiary alicyclic amines) is 1. The number of nitrogens with zero attached hydrogens (tertiary/aromatic N) is 2. The molecular weight excluding hydrogens is 260 g/mol. The number of nitro benzene ring substituents is 1. The van der Waals surface area contributed by atoms with Gasteiger partial charge in [0.25, 0.3) is 11.6 Å². The number of rotatable bonds is 2. The minimum atomic E-state index is -0.886. The highest BCUT2D eigenvalue weighted by atomic mass is 35.5. The summed E-state index contributed by atoms with van der Waals surface area (Å²) >= 11 is 5.86. The number of carbonyl (C=O) groups excluding carboxylic acids is 1. The van der Waals surface area contributed by atoms with Gasteiger partial charge in [-0.3, -0.25) is 14.9 Å². The molecule has 0 radical (unpaired) electrons. The first-order chi connectivity index (χ1) is 8.30. The van der Waals surface area contributed by atoms with Crippen LogP contribution in [0.4, 0.5) is 5.69 Å². The lowest BCUT2D eigenvalue weighted by atomic mass is 9.96. The molecule has 2 rings (SSSR count). The van der Waals surface area contributed by atoms with E-state index in [0.717, 1.165) is 6.07 Å². The Kier molecular flexibility index (Phi) is 3.00. The summed E-state index contributed by atoms with van der Waals surface area (Å²) in [5, 5.41) is 20.4. The highest BCUT2D eigenvalue weighted by Gasteiger charge is 2.40. The number of β-amino-alcohol motifs (C(OH)–C–C–N with tert-alkyl or cyclic N) is 1. The maximum Gasteiger partial charge on any atom is 0.270 e. The second-order valence-electron chi connectivity index (χ2n) is 4.58. The molecule has 0 aromatic heterocycles. The third-order valence-corrected chi connectivity index (χ3v) is 3.07. The van der Waals surface area contributed by atoms with Crippen LogP contribution in [0.3, 0.4) is 0 Å². The lowest BCUT2D eigenvalue weighted by molar-refractivity contribution is -0.384. The summed E-state index contributed by atoms with van der Waals surface area (Å²) in [6.07, 6.45) is 0. The quantitative estimate of drug-likeness (QED) is 0.651. The average molecular weight is 271 g/mol. The Morgan fingerprint density at radius 2 is 2.17 bits per heavy atom. The zero-order chi connectivity index (χ0) is 13.5. The fourth-order valence-electron chi connectivity index (χ4n) is 1.88. The van der Waals surface area contributed by atoms with Crippen molar-refractivity contribution >= 4 is 23.2 Å². The van der Waals surface area contributed by atoms with E-state index < -0.39 is 16.4 Å². The van der Waals surface area contributed by atoms with Crippen molar-refractivity contribution in [3.8, 4) is 0 Å². The molecule has 1 aliphatic rings. The number of aliphatic hydroxyl groups is 1. The van der Waals surface area contributed by atoms with E-state index in [1.54, 1.807) is 6.92 Å². The van der Waals surface area contributed by atoms with Crippen molar-refractivity contribution in [1.82, 2.24) is 4.90 Å². The van der Waals surface area contributed by atoms with Crippen LogP contribution in [-0.2, 0) is 0 Å². The Balaban J connectivity index is 2.25. The molecule has 1 fully saturated rings. The molecule has 7 heteroatoms. The normalized spacial score (nSPS) is 17.2. The first kappa shape index (κ1) is 12.8. The largest absolute Gasteiger partial charge is 0.386 e. The summed E-state index contributed by atoms with van der Waals surface area (Å²) in [6.45, 7) is 2.02. The van der Waals surface area contributed by atoms with E-state index in [1.807, 2.05) is 0 Å². The smallest absolute Gasteiger partial charge is 0.270 e. The van der Waals surface area contributed by atoms with Crippen LogP contribution in [0.2, 0.25) is 5.02 Å². The number of carbonyl (C=O) groups is 1. The van der Waals surface area contributed by atoms with Gasteiger partial charge in [0.1, 0.15) is 0 Å². The lowest BCUT2D eigenvalue weighted by Crippen LogP contribution is -2.61. The Labute approximate surface area is 108 Å². The monoisotopic (exact) mass is 270 g/mol. The minimum absolute atomic E-state index is 0.0846. The maximum atomic E-state index is 12.0. The molecular formula is C11H11ClN2O4. The molecule has 1 N–H and O–H groups in total. The first-order valence-corrected chi connectivity index (χ1v) is 5.63. The topological polar surface area (TPSA) is 83.7 Å². The number of hydrogen-bond acceptors (Lipinski definition) is 4. The molecule has 18 heavy (non-hydrogen) atoms. The van der Waals surface area contributed by atoms with Crippen molar-refractivity contribution in [2.45, 2.75) is 12.5 Å². The van der Waals surface area contributed by atoms with Crippen LogP contribution in [0.1, 0.15) is 17.3 Å². The van der Waals surface area contributed by atoms with Crippen LogP contribution in [-0.4, -0.2) is 39.5 Å². The number of halogens is 1. The van der Waals surface area contributed by atoms with Crippen molar-refractivity contribution < 1.29 is 14.8 Å². The molecule has 0 aliphatic carbocycles. The molecule has 0 bridgehead atoms. The fraction of sp³-hybridized carbons (Fsp3) is 0.364. The third-order valence-electron chi connectivity index (χ3n) is 2.74. The SMILES string of the molecule is CC1(O)CN(C(=O)c2cc([N+](=O)[O-])ccc2Cl)C1. The van der Waals surface area contributed by atoms with Crippen LogP contribution < -0.4 is 0 Å². The fourth-order valence-corrected chi connectivity index (χ4v) is 2.08. The lowest BCUT2D eigenvalue weighted by Gasteiger charge is -2.44. The summed E-state index contributed by atoms with van der Waals surface area (Å²) in [4.78, 5) is 23.5. The van der Waals surface area contributed by atoms with Gasteiger partial charge in [-0.05, 0) is 13.0 Å². The van der Waals surface area contributed by atoms with E-state index >= 15 is 0 Å². The van der Waals surface area contributed by atoms with E-state index in [1.165, 1.54) is 17.0 Å². The Morgan fingerprint density at radius 3 is 2.67 bits per heavy atom. The number of benzene rings is 1. The number of nitro groups is 1. The Morgan fingerprint density at radius 1 is 1.56 bits per heavy atom. The first-order valence-electron chi connectivity index (χ1n) is 5.26. The van der Waals surface area contributed by atoms with E-state index in [2.05, 4.69) is 0 Å². The highest BCUT2D eigenvalue weighted by Crippen LogP contribution is 2.27. The van der Waals surface area contributed by atoms with Gasteiger partial charge in [-0.25, -0.2) is 0 Å². The standard InChI is InChI=1S/C11H11ClN2O4/c1-11(16)5-13(6-11)10(15)8-4-7(14(17)18)2-3-9(8)12/h2-4,16H,5-6H2,1H3. The molecule has 1 heterocycles. The van der Waals surface area contributed by atoms with Gasteiger partial charge in [-0.1, -0.05) is 11.6 Å². The van der Waals surface area contributed by atoms with E-state index in [4.69, 9.17) is 11.6 Å². The summed E-state index contributed by atoms with van der Waals surface area (Å²) in [5.41, 5.74) is -0.987. The van der Waals surface area contributed by atoms with Crippen LogP contribution in [0.25, 0.3) is 0 Å². The predicted octanol–water partition coefficient (Wildman–Crippen LogP) is 1.46. The Hall–Kier alpha value is -1.66. The molecule has 0 atom stereocenters. The van der Waals surface area contributed by atoms with Gasteiger partial charge in [0, 0.05) is 12.1 Å². The van der Waals surface area contributed by atoms with Gasteiger partial charge in [0.05, 0.1) is 34.2 Å². The summed E-state index contributed by atoms with van der Waals surface area (Å²) in [5.74, 6) is -0.407. The number of non-ortho nitro benzene ring substituents is 1. The van der Waals surface area contributed by atoms with Gasteiger partial charge in [0.2, 0.25) is 0 Å². The van der Waals surface area contributed by atoms with Gasteiger partial charge < -0.3 is 10.0 Å². The number of amides is 1. The molecule has 0 spiro atoms. The molecule has 1 aliphatic heterocycles. The predicted molar refractivity (Wildman–Crippen MR) is 64.6 cm³/mol. The van der Waals surface area contributed by atoms with Crippen LogP contribution >= 0.6 is 11.6 Å². The Bertz CT molecular complexity index is 522. The van der Waals surface area contributed by atoms with Gasteiger partial charge in [0.15, 0.2) is 0 Å². The van der Waals surface area contributed by atoms with E-state index in [9.17, 15) is 20.0 Å². The van der Waals surface area contributed by atoms with Crippen molar-refractivity contribution in [2.75, 3.05) is 13.1 Å². The van der Waals surface area contributed by atoms with Crippen LogP contribution in [0.15, 0.2) is 18.2 Å². The third kappa shape index (κ3) is 2.30. The van der Waals surface area contributed by atoms with Crippen LogP contribution in [0.5, 0.6) is 0 Å². The molecule has 0 saturated carbocycles. The van der Waals surface area contributed by atoms with Crippen molar-refractivity contribution in [1.29, 1.82) is 0 Å². The molecule has 1 aromatic rings. The summed E-state index contributed by atoms with van der Waals surface area (Å²) in [7, 11) is 0. The molecule has 1 saturated heterocycles. The molecule has 1 aromatic carbocycles.